The number of unbranched alkanes of at least 4 members (excludes halogenated alkanes) is 3. The van der Waals surface area contributed by atoms with Gasteiger partial charge in [0.05, 0.1) is 10.9 Å². The van der Waals surface area contributed by atoms with Gasteiger partial charge in [-0.15, -0.1) is 0 Å². The highest BCUT2D eigenvalue weighted by atomic mass is 32.2. The molecule has 0 aliphatic carbocycles. The van der Waals surface area contributed by atoms with E-state index in [4.69, 9.17) is 9.40 Å². The van der Waals surface area contributed by atoms with Crippen molar-refractivity contribution in [1.82, 2.24) is 9.55 Å². The molecule has 1 N–H and O–H groups in total. The molecule has 7 nitrogen and oxygen atoms in total. The summed E-state index contributed by atoms with van der Waals surface area (Å²) >= 11 is 1.43. The van der Waals surface area contributed by atoms with E-state index in [9.17, 15) is 14.4 Å². The lowest BCUT2D eigenvalue weighted by atomic mass is 10.1. The van der Waals surface area contributed by atoms with Gasteiger partial charge < -0.3 is 9.73 Å². The number of fused-ring (bicyclic) bond motifs is 2. The SMILES string of the molecule is CCCCCCn1c(SCc2cc(=O)oc3cc(NC(C)=O)ccc23)nc2ccccc2c1=O. The Morgan fingerprint density at radius 1 is 1.06 bits per heavy atom. The summed E-state index contributed by atoms with van der Waals surface area (Å²) in [6.45, 7) is 4.19. The lowest BCUT2D eigenvalue weighted by Crippen LogP contribution is -2.23. The van der Waals surface area contributed by atoms with Crippen LogP contribution < -0.4 is 16.5 Å². The first kappa shape index (κ1) is 23.8. The van der Waals surface area contributed by atoms with Crippen LogP contribution in [-0.2, 0) is 17.1 Å². The highest BCUT2D eigenvalue weighted by molar-refractivity contribution is 7.98. The number of hydrogen-bond donors (Lipinski definition) is 1. The number of para-hydroxylation sites is 1. The molecule has 1 amide bonds. The molecule has 0 spiro atoms. The zero-order valence-electron chi connectivity index (χ0n) is 19.3. The molecule has 2 aromatic carbocycles. The topological polar surface area (TPSA) is 94.2 Å². The Labute approximate surface area is 201 Å². The van der Waals surface area contributed by atoms with Crippen molar-refractivity contribution < 1.29 is 9.21 Å². The summed E-state index contributed by atoms with van der Waals surface area (Å²) in [6, 6.07) is 14.1. The molecule has 0 fully saturated rings. The number of nitrogens with one attached hydrogen (secondary N) is 1. The van der Waals surface area contributed by atoms with Crippen LogP contribution in [-0.4, -0.2) is 15.5 Å². The number of carbonyl (C=O) groups excluding carboxylic acids is 1. The van der Waals surface area contributed by atoms with Crippen LogP contribution in [0.4, 0.5) is 5.69 Å². The molecule has 0 unspecified atom stereocenters. The number of thioether (sulfide) groups is 1. The molecular weight excluding hydrogens is 450 g/mol. The summed E-state index contributed by atoms with van der Waals surface area (Å²) in [4.78, 5) is 41.6. The van der Waals surface area contributed by atoms with Gasteiger partial charge in [0, 0.05) is 42.4 Å². The minimum absolute atomic E-state index is 0.0398. The third kappa shape index (κ3) is 5.39. The first-order chi connectivity index (χ1) is 16.5. The second-order valence-corrected chi connectivity index (χ2v) is 9.14. The van der Waals surface area contributed by atoms with E-state index in [0.29, 0.717) is 39.6 Å². The zero-order valence-corrected chi connectivity index (χ0v) is 20.1. The van der Waals surface area contributed by atoms with E-state index in [1.807, 2.05) is 30.3 Å². The van der Waals surface area contributed by atoms with Gasteiger partial charge in [0.2, 0.25) is 5.91 Å². The maximum absolute atomic E-state index is 13.2. The molecule has 0 aliphatic rings. The fourth-order valence-electron chi connectivity index (χ4n) is 3.92. The van der Waals surface area contributed by atoms with Crippen LogP contribution in [0.25, 0.3) is 21.9 Å². The summed E-state index contributed by atoms with van der Waals surface area (Å²) in [5, 5.41) is 4.72. The van der Waals surface area contributed by atoms with Gasteiger partial charge in [0.25, 0.3) is 5.56 Å². The van der Waals surface area contributed by atoms with Crippen LogP contribution in [0.5, 0.6) is 0 Å². The van der Waals surface area contributed by atoms with Crippen LogP contribution in [0, 0.1) is 0 Å². The van der Waals surface area contributed by atoms with Crippen molar-refractivity contribution in [2.45, 2.75) is 57.0 Å². The smallest absolute Gasteiger partial charge is 0.336 e. The predicted molar refractivity (Wildman–Crippen MR) is 136 cm³/mol. The fraction of sp³-hybridized carbons (Fsp3) is 0.308. The average molecular weight is 478 g/mol. The third-order valence-corrected chi connectivity index (χ3v) is 6.59. The minimum atomic E-state index is -0.466. The van der Waals surface area contributed by atoms with Crippen molar-refractivity contribution in [3.8, 4) is 0 Å². The number of amides is 1. The van der Waals surface area contributed by atoms with Crippen molar-refractivity contribution in [2.24, 2.45) is 0 Å². The van der Waals surface area contributed by atoms with Gasteiger partial charge in [0.1, 0.15) is 5.58 Å². The van der Waals surface area contributed by atoms with Crippen LogP contribution >= 0.6 is 11.8 Å². The van der Waals surface area contributed by atoms with E-state index in [1.54, 1.807) is 16.7 Å². The largest absolute Gasteiger partial charge is 0.423 e. The summed E-state index contributed by atoms with van der Waals surface area (Å²) in [7, 11) is 0. The molecule has 176 valence electrons. The van der Waals surface area contributed by atoms with E-state index in [-0.39, 0.29) is 11.5 Å². The fourth-order valence-corrected chi connectivity index (χ4v) is 4.94. The average Bonchev–Trinajstić information content (AvgIpc) is 2.81. The Morgan fingerprint density at radius 2 is 1.88 bits per heavy atom. The normalized spacial score (nSPS) is 11.2. The Kier molecular flexibility index (Phi) is 7.47. The zero-order chi connectivity index (χ0) is 24.1. The molecule has 4 rings (SSSR count). The highest BCUT2D eigenvalue weighted by Crippen LogP contribution is 2.28. The number of nitrogens with zero attached hydrogens (tertiary/aromatic N) is 2. The van der Waals surface area contributed by atoms with Gasteiger partial charge >= 0.3 is 5.63 Å². The van der Waals surface area contributed by atoms with Gasteiger partial charge in [-0.2, -0.15) is 0 Å². The van der Waals surface area contributed by atoms with E-state index in [2.05, 4.69) is 12.2 Å². The highest BCUT2D eigenvalue weighted by Gasteiger charge is 2.14. The van der Waals surface area contributed by atoms with E-state index < -0.39 is 5.63 Å². The molecule has 2 heterocycles. The Balaban J connectivity index is 1.68. The van der Waals surface area contributed by atoms with Crippen molar-refractivity contribution in [3.63, 3.8) is 0 Å². The summed E-state index contributed by atoms with van der Waals surface area (Å²) in [5.41, 5.74) is 1.90. The second-order valence-electron chi connectivity index (χ2n) is 8.20. The lowest BCUT2D eigenvalue weighted by molar-refractivity contribution is -0.114. The molecule has 0 saturated heterocycles. The summed E-state index contributed by atoms with van der Waals surface area (Å²) in [5.74, 6) is 0.245. The van der Waals surface area contributed by atoms with E-state index in [0.717, 1.165) is 36.6 Å². The standard InChI is InChI=1S/C26H27N3O4S/c1-3-4-5-8-13-29-25(32)21-9-6-7-10-22(21)28-26(29)34-16-18-14-24(31)33-23-15-19(27-17(2)30)11-12-20(18)23/h6-7,9-12,14-15H,3-5,8,13,16H2,1-2H3,(H,27,30). The van der Waals surface area contributed by atoms with Crippen molar-refractivity contribution in [1.29, 1.82) is 0 Å². The molecule has 4 aromatic rings. The molecule has 34 heavy (non-hydrogen) atoms. The number of anilines is 1. The van der Waals surface area contributed by atoms with Gasteiger partial charge in [-0.1, -0.05) is 50.1 Å². The predicted octanol–water partition coefficient (Wildman–Crippen LogP) is 5.33. The maximum Gasteiger partial charge on any atom is 0.336 e. The monoisotopic (exact) mass is 477 g/mol. The number of rotatable bonds is 9. The first-order valence-corrected chi connectivity index (χ1v) is 12.4. The maximum atomic E-state index is 13.2. The molecule has 0 aliphatic heterocycles. The lowest BCUT2D eigenvalue weighted by Gasteiger charge is -2.13. The van der Waals surface area contributed by atoms with Crippen molar-refractivity contribution in [2.75, 3.05) is 5.32 Å². The van der Waals surface area contributed by atoms with Gasteiger partial charge in [-0.25, -0.2) is 9.78 Å². The number of carbonyl (C=O) groups is 1. The van der Waals surface area contributed by atoms with Crippen LogP contribution in [0.15, 0.2) is 67.7 Å². The third-order valence-electron chi connectivity index (χ3n) is 5.57. The van der Waals surface area contributed by atoms with Crippen molar-refractivity contribution in [3.05, 3.63) is 74.9 Å². The minimum Gasteiger partial charge on any atom is -0.423 e. The Hall–Kier alpha value is -3.39. The van der Waals surface area contributed by atoms with Crippen LogP contribution in [0.3, 0.4) is 0 Å². The molecule has 0 bridgehead atoms. The molecular formula is C26H27N3O4S. The number of benzene rings is 2. The Bertz CT molecular complexity index is 1460. The van der Waals surface area contributed by atoms with Crippen molar-refractivity contribution >= 4 is 45.2 Å². The van der Waals surface area contributed by atoms with Gasteiger partial charge in [0.15, 0.2) is 5.16 Å². The quantitative estimate of drug-likeness (QED) is 0.151. The van der Waals surface area contributed by atoms with Gasteiger partial charge in [-0.3, -0.25) is 14.2 Å². The number of aromatic nitrogens is 2. The molecule has 0 saturated carbocycles. The van der Waals surface area contributed by atoms with Crippen LogP contribution in [0.1, 0.15) is 45.1 Å². The summed E-state index contributed by atoms with van der Waals surface area (Å²) in [6.07, 6.45) is 4.22. The Morgan fingerprint density at radius 3 is 2.68 bits per heavy atom. The number of hydrogen-bond acceptors (Lipinski definition) is 6. The second kappa shape index (κ2) is 10.7. The molecule has 8 heteroatoms. The van der Waals surface area contributed by atoms with Crippen LogP contribution in [0.2, 0.25) is 0 Å². The summed E-state index contributed by atoms with van der Waals surface area (Å²) < 4.78 is 7.12. The molecule has 0 radical (unpaired) electrons. The molecule has 2 aromatic heterocycles. The van der Waals surface area contributed by atoms with E-state index in [1.165, 1.54) is 24.8 Å². The van der Waals surface area contributed by atoms with Gasteiger partial charge in [-0.05, 0) is 36.2 Å². The molecule has 0 atom stereocenters. The first-order valence-electron chi connectivity index (χ1n) is 11.4. The van der Waals surface area contributed by atoms with E-state index >= 15 is 0 Å².